The third kappa shape index (κ3) is 7.05. The molecule has 0 heterocycles. The van der Waals surface area contributed by atoms with Crippen molar-refractivity contribution in [2.45, 2.75) is 20.3 Å². The molecule has 2 amide bonds. The Morgan fingerprint density at radius 2 is 1.82 bits per heavy atom. The average Bonchev–Trinajstić information content (AvgIpc) is 2.66. The molecule has 6 nitrogen and oxygen atoms in total. The molecule has 0 aliphatic rings. The van der Waals surface area contributed by atoms with Crippen LogP contribution in [0.2, 0.25) is 5.02 Å². The van der Waals surface area contributed by atoms with Crippen LogP contribution in [0.5, 0.6) is 11.5 Å². The van der Waals surface area contributed by atoms with Gasteiger partial charge in [0.1, 0.15) is 11.5 Å². The number of halogens is 2. The van der Waals surface area contributed by atoms with Gasteiger partial charge in [-0.25, -0.2) is 0 Å². The van der Waals surface area contributed by atoms with Crippen molar-refractivity contribution >= 4 is 39.3 Å². The van der Waals surface area contributed by atoms with Gasteiger partial charge in [-0.3, -0.25) is 20.4 Å². The van der Waals surface area contributed by atoms with Crippen LogP contribution in [0.15, 0.2) is 46.9 Å². The van der Waals surface area contributed by atoms with Crippen molar-refractivity contribution in [3.63, 3.8) is 0 Å². The van der Waals surface area contributed by atoms with Gasteiger partial charge in [0.2, 0.25) is 0 Å². The van der Waals surface area contributed by atoms with E-state index in [-0.39, 0.29) is 6.61 Å². The third-order valence-electron chi connectivity index (χ3n) is 3.65. The standard InChI is InChI=1S/C20H22BrClN2O4/c1-13(2)9-10-27-17-8-7-14(21)11-15(17)20(26)24-23-19(25)12-28-18-6-4-3-5-16(18)22/h3-8,11,13H,9-10,12H2,1-2H3,(H,23,25)(H,24,26). The molecule has 0 spiro atoms. The van der Waals surface area contributed by atoms with E-state index in [9.17, 15) is 9.59 Å². The van der Waals surface area contributed by atoms with Crippen LogP contribution < -0.4 is 20.3 Å². The van der Waals surface area contributed by atoms with Gasteiger partial charge in [0.25, 0.3) is 11.8 Å². The second-order valence-corrected chi connectivity index (χ2v) is 7.72. The Morgan fingerprint density at radius 3 is 2.54 bits per heavy atom. The van der Waals surface area contributed by atoms with Crippen molar-refractivity contribution in [2.24, 2.45) is 5.92 Å². The van der Waals surface area contributed by atoms with Crippen LogP contribution in [0, 0.1) is 5.92 Å². The summed E-state index contributed by atoms with van der Waals surface area (Å²) < 4.78 is 11.8. The molecular formula is C20H22BrClN2O4. The largest absolute Gasteiger partial charge is 0.493 e. The van der Waals surface area contributed by atoms with Crippen LogP contribution in [-0.2, 0) is 4.79 Å². The summed E-state index contributed by atoms with van der Waals surface area (Å²) in [4.78, 5) is 24.4. The molecule has 0 radical (unpaired) electrons. The Balaban J connectivity index is 1.90. The van der Waals surface area contributed by atoms with Crippen molar-refractivity contribution in [3.05, 3.63) is 57.5 Å². The van der Waals surface area contributed by atoms with Gasteiger partial charge in [-0.05, 0) is 42.7 Å². The minimum atomic E-state index is -0.523. The van der Waals surface area contributed by atoms with E-state index >= 15 is 0 Å². The summed E-state index contributed by atoms with van der Waals surface area (Å²) >= 11 is 9.30. The number of ether oxygens (including phenoxy) is 2. The lowest BCUT2D eigenvalue weighted by Crippen LogP contribution is -2.44. The summed E-state index contributed by atoms with van der Waals surface area (Å²) in [5.41, 5.74) is 4.99. The molecule has 2 N–H and O–H groups in total. The van der Waals surface area contributed by atoms with Crippen LogP contribution >= 0.6 is 27.5 Å². The van der Waals surface area contributed by atoms with Crippen molar-refractivity contribution in [3.8, 4) is 11.5 Å². The molecule has 2 aromatic carbocycles. The van der Waals surface area contributed by atoms with E-state index in [1.807, 2.05) is 0 Å². The van der Waals surface area contributed by atoms with Gasteiger partial charge < -0.3 is 9.47 Å². The van der Waals surface area contributed by atoms with Crippen LogP contribution in [0.3, 0.4) is 0 Å². The molecule has 2 aromatic rings. The maximum Gasteiger partial charge on any atom is 0.276 e. The zero-order chi connectivity index (χ0) is 20.5. The number of hydrazine groups is 1. The topological polar surface area (TPSA) is 76.7 Å². The van der Waals surface area contributed by atoms with Crippen LogP contribution in [0.1, 0.15) is 30.6 Å². The number of hydrogen-bond donors (Lipinski definition) is 2. The molecule has 0 fully saturated rings. The van der Waals surface area contributed by atoms with Crippen molar-refractivity contribution in [2.75, 3.05) is 13.2 Å². The van der Waals surface area contributed by atoms with Crippen LogP contribution in [0.4, 0.5) is 0 Å². The number of nitrogens with one attached hydrogen (secondary N) is 2. The first-order valence-corrected chi connectivity index (χ1v) is 9.92. The average molecular weight is 470 g/mol. The molecule has 0 saturated carbocycles. The molecule has 0 aliphatic heterocycles. The Bertz CT molecular complexity index is 830. The summed E-state index contributed by atoms with van der Waals surface area (Å²) in [7, 11) is 0. The number of benzene rings is 2. The predicted molar refractivity (Wildman–Crippen MR) is 112 cm³/mol. The summed E-state index contributed by atoms with van der Waals surface area (Å²) in [6.45, 7) is 4.40. The van der Waals surface area contributed by atoms with Crippen molar-refractivity contribution in [1.82, 2.24) is 10.9 Å². The quantitative estimate of drug-likeness (QED) is 0.563. The van der Waals surface area contributed by atoms with E-state index < -0.39 is 11.8 Å². The molecule has 0 unspecified atom stereocenters. The highest BCUT2D eigenvalue weighted by atomic mass is 79.9. The Morgan fingerprint density at radius 1 is 1.07 bits per heavy atom. The molecule has 0 atom stereocenters. The lowest BCUT2D eigenvalue weighted by atomic mass is 10.1. The minimum absolute atomic E-state index is 0.291. The molecular weight excluding hydrogens is 448 g/mol. The van der Waals surface area contributed by atoms with Gasteiger partial charge in [0.15, 0.2) is 6.61 Å². The van der Waals surface area contributed by atoms with Crippen molar-refractivity contribution in [1.29, 1.82) is 0 Å². The number of carbonyl (C=O) groups excluding carboxylic acids is 2. The summed E-state index contributed by atoms with van der Waals surface area (Å²) in [5, 5.41) is 0.400. The summed E-state index contributed by atoms with van der Waals surface area (Å²) in [6, 6.07) is 11.9. The Kier molecular flexibility index (Phi) is 8.60. The maximum absolute atomic E-state index is 12.5. The molecule has 8 heteroatoms. The predicted octanol–water partition coefficient (Wildman–Crippen LogP) is 4.37. The molecule has 0 bridgehead atoms. The lowest BCUT2D eigenvalue weighted by Gasteiger charge is -2.14. The fourth-order valence-corrected chi connectivity index (χ4v) is 2.70. The van der Waals surface area contributed by atoms with E-state index in [4.69, 9.17) is 21.1 Å². The van der Waals surface area contributed by atoms with Crippen LogP contribution in [0.25, 0.3) is 0 Å². The second kappa shape index (κ2) is 10.9. The zero-order valence-electron chi connectivity index (χ0n) is 15.6. The van der Waals surface area contributed by atoms with E-state index in [0.717, 1.165) is 10.9 Å². The maximum atomic E-state index is 12.5. The number of hydrogen-bond acceptors (Lipinski definition) is 4. The highest BCUT2D eigenvalue weighted by Crippen LogP contribution is 2.24. The number of amides is 2. The SMILES string of the molecule is CC(C)CCOc1ccc(Br)cc1C(=O)NNC(=O)COc1ccccc1Cl. The van der Waals surface area contributed by atoms with E-state index in [1.54, 1.807) is 42.5 Å². The van der Waals surface area contributed by atoms with Gasteiger partial charge in [0.05, 0.1) is 17.2 Å². The van der Waals surface area contributed by atoms with Gasteiger partial charge in [0, 0.05) is 4.47 Å². The summed E-state index contributed by atoms with van der Waals surface area (Å²) in [6.07, 6.45) is 0.868. The highest BCUT2D eigenvalue weighted by Gasteiger charge is 2.15. The number of carbonyl (C=O) groups is 2. The van der Waals surface area contributed by atoms with Gasteiger partial charge in [-0.1, -0.05) is 53.5 Å². The number of rotatable bonds is 8. The van der Waals surface area contributed by atoms with E-state index in [0.29, 0.717) is 34.6 Å². The first-order valence-electron chi connectivity index (χ1n) is 8.75. The summed E-state index contributed by atoms with van der Waals surface area (Å²) in [5.74, 6) is 0.309. The Hall–Kier alpha value is -2.25. The van der Waals surface area contributed by atoms with Gasteiger partial charge >= 0.3 is 0 Å². The monoisotopic (exact) mass is 468 g/mol. The molecule has 2 rings (SSSR count). The molecule has 0 aromatic heterocycles. The molecule has 0 saturated heterocycles. The molecule has 150 valence electrons. The third-order valence-corrected chi connectivity index (χ3v) is 4.46. The lowest BCUT2D eigenvalue weighted by molar-refractivity contribution is -0.123. The van der Waals surface area contributed by atoms with Crippen LogP contribution in [-0.4, -0.2) is 25.0 Å². The fraction of sp³-hybridized carbons (Fsp3) is 0.300. The highest BCUT2D eigenvalue weighted by molar-refractivity contribution is 9.10. The fourth-order valence-electron chi connectivity index (χ4n) is 2.15. The zero-order valence-corrected chi connectivity index (χ0v) is 18.0. The van der Waals surface area contributed by atoms with E-state index in [2.05, 4.69) is 40.6 Å². The van der Waals surface area contributed by atoms with Crippen molar-refractivity contribution < 1.29 is 19.1 Å². The van der Waals surface area contributed by atoms with E-state index in [1.165, 1.54) is 0 Å². The second-order valence-electron chi connectivity index (χ2n) is 6.39. The minimum Gasteiger partial charge on any atom is -0.493 e. The first kappa shape index (κ1) is 22.0. The molecule has 28 heavy (non-hydrogen) atoms. The normalized spacial score (nSPS) is 10.5. The van der Waals surface area contributed by atoms with Gasteiger partial charge in [-0.2, -0.15) is 0 Å². The number of para-hydroxylation sites is 1. The van der Waals surface area contributed by atoms with Gasteiger partial charge in [-0.15, -0.1) is 0 Å². The Labute approximate surface area is 177 Å². The molecule has 0 aliphatic carbocycles. The first-order chi connectivity index (χ1) is 13.4. The smallest absolute Gasteiger partial charge is 0.276 e.